The number of hydrogen-bond donors (Lipinski definition) is 2. The van der Waals surface area contributed by atoms with Gasteiger partial charge in [0.05, 0.1) is 23.8 Å². The molecule has 2 heterocycles. The van der Waals surface area contributed by atoms with Gasteiger partial charge in [-0.2, -0.15) is 5.10 Å². The topological polar surface area (TPSA) is 87.5 Å². The smallest absolute Gasteiger partial charge is 0.317 e. The number of amides is 2. The van der Waals surface area contributed by atoms with Crippen molar-refractivity contribution in [1.29, 1.82) is 0 Å². The first-order valence-corrected chi connectivity index (χ1v) is 9.04. The minimum atomic E-state index is -0.834. The Kier molecular flexibility index (Phi) is 4.36. The second kappa shape index (κ2) is 6.82. The molecule has 1 aliphatic heterocycles. The van der Waals surface area contributed by atoms with Gasteiger partial charge in [0.15, 0.2) is 0 Å². The Labute approximate surface area is 151 Å². The van der Waals surface area contributed by atoms with E-state index in [1.807, 2.05) is 35.0 Å². The molecule has 1 aromatic carbocycles. The third-order valence-corrected chi connectivity index (χ3v) is 5.25. The van der Waals surface area contributed by atoms with E-state index in [0.717, 1.165) is 30.6 Å². The van der Waals surface area contributed by atoms with Crippen molar-refractivity contribution in [3.05, 3.63) is 47.3 Å². The van der Waals surface area contributed by atoms with Gasteiger partial charge in [-0.1, -0.05) is 18.2 Å². The average molecular weight is 354 g/mol. The molecule has 136 valence electrons. The fourth-order valence-corrected chi connectivity index (χ4v) is 3.86. The first-order valence-electron chi connectivity index (χ1n) is 9.04. The highest BCUT2D eigenvalue weighted by Gasteiger charge is 2.31. The first kappa shape index (κ1) is 16.6. The van der Waals surface area contributed by atoms with Crippen LogP contribution in [0.25, 0.3) is 5.69 Å². The molecule has 1 unspecified atom stereocenters. The van der Waals surface area contributed by atoms with Crippen LogP contribution in [0.1, 0.15) is 29.8 Å². The van der Waals surface area contributed by atoms with E-state index in [1.165, 1.54) is 11.3 Å². The molecule has 2 aliphatic rings. The molecule has 1 atom stereocenters. The SMILES string of the molecule is O=C(O)C1CCN(C(=O)NCc2nn(-c3ccccc3)c3c2CCC3)C1. The molecule has 4 rings (SSSR count). The van der Waals surface area contributed by atoms with Gasteiger partial charge in [-0.3, -0.25) is 4.79 Å². The lowest BCUT2D eigenvalue weighted by Gasteiger charge is -2.16. The van der Waals surface area contributed by atoms with Gasteiger partial charge >= 0.3 is 12.0 Å². The Morgan fingerprint density at radius 1 is 1.23 bits per heavy atom. The molecule has 1 aromatic heterocycles. The predicted molar refractivity (Wildman–Crippen MR) is 95.1 cm³/mol. The number of para-hydroxylation sites is 1. The van der Waals surface area contributed by atoms with Crippen molar-refractivity contribution in [3.63, 3.8) is 0 Å². The fraction of sp³-hybridized carbons (Fsp3) is 0.421. The van der Waals surface area contributed by atoms with Crippen LogP contribution in [-0.4, -0.2) is 44.9 Å². The number of nitrogens with one attached hydrogen (secondary N) is 1. The zero-order valence-corrected chi connectivity index (χ0v) is 14.5. The lowest BCUT2D eigenvalue weighted by Crippen LogP contribution is -2.38. The summed E-state index contributed by atoms with van der Waals surface area (Å²) in [5.41, 5.74) is 4.40. The van der Waals surface area contributed by atoms with Crippen molar-refractivity contribution in [2.24, 2.45) is 5.92 Å². The van der Waals surface area contributed by atoms with E-state index in [2.05, 4.69) is 5.32 Å². The monoisotopic (exact) mass is 354 g/mol. The van der Waals surface area contributed by atoms with E-state index >= 15 is 0 Å². The number of nitrogens with zero attached hydrogens (tertiary/aromatic N) is 3. The van der Waals surface area contributed by atoms with Crippen LogP contribution in [0, 0.1) is 5.92 Å². The molecule has 1 aliphatic carbocycles. The molecule has 0 bridgehead atoms. The lowest BCUT2D eigenvalue weighted by atomic mass is 10.1. The predicted octanol–water partition coefficient (Wildman–Crippen LogP) is 1.98. The molecule has 1 fully saturated rings. The molecular weight excluding hydrogens is 332 g/mol. The molecule has 26 heavy (non-hydrogen) atoms. The molecule has 0 radical (unpaired) electrons. The summed E-state index contributed by atoms with van der Waals surface area (Å²) in [6.45, 7) is 1.13. The number of carboxylic acid groups (broad SMARTS) is 1. The minimum Gasteiger partial charge on any atom is -0.481 e. The summed E-state index contributed by atoms with van der Waals surface area (Å²) >= 11 is 0. The van der Waals surface area contributed by atoms with Gasteiger partial charge in [-0.05, 0) is 43.4 Å². The van der Waals surface area contributed by atoms with Gasteiger partial charge in [0.25, 0.3) is 0 Å². The van der Waals surface area contributed by atoms with E-state index in [1.54, 1.807) is 4.90 Å². The number of aromatic nitrogens is 2. The highest BCUT2D eigenvalue weighted by molar-refractivity contribution is 5.77. The summed E-state index contributed by atoms with van der Waals surface area (Å²) in [6, 6.07) is 9.82. The van der Waals surface area contributed by atoms with Gasteiger partial charge < -0.3 is 15.3 Å². The fourth-order valence-electron chi connectivity index (χ4n) is 3.86. The second-order valence-electron chi connectivity index (χ2n) is 6.90. The van der Waals surface area contributed by atoms with Crippen LogP contribution >= 0.6 is 0 Å². The van der Waals surface area contributed by atoms with Crippen LogP contribution < -0.4 is 5.32 Å². The average Bonchev–Trinajstić information content (AvgIpc) is 3.37. The Balaban J connectivity index is 1.46. The minimum absolute atomic E-state index is 0.213. The Bertz CT molecular complexity index is 831. The summed E-state index contributed by atoms with van der Waals surface area (Å²) in [5.74, 6) is -1.29. The third kappa shape index (κ3) is 3.05. The zero-order chi connectivity index (χ0) is 18.1. The number of fused-ring (bicyclic) bond motifs is 1. The molecule has 2 N–H and O–H groups in total. The number of hydrogen-bond acceptors (Lipinski definition) is 3. The van der Waals surface area contributed by atoms with Gasteiger partial charge in [0.1, 0.15) is 0 Å². The van der Waals surface area contributed by atoms with E-state index in [-0.39, 0.29) is 12.6 Å². The second-order valence-corrected chi connectivity index (χ2v) is 6.90. The van der Waals surface area contributed by atoms with Crippen LogP contribution in [0.2, 0.25) is 0 Å². The number of urea groups is 1. The van der Waals surface area contributed by atoms with Crippen molar-refractivity contribution >= 4 is 12.0 Å². The highest BCUT2D eigenvalue weighted by Crippen LogP contribution is 2.27. The molecular formula is C19H22N4O3. The van der Waals surface area contributed by atoms with E-state index in [0.29, 0.717) is 19.5 Å². The number of likely N-dealkylation sites (tertiary alicyclic amines) is 1. The maximum Gasteiger partial charge on any atom is 0.317 e. The highest BCUT2D eigenvalue weighted by atomic mass is 16.4. The van der Waals surface area contributed by atoms with Crippen molar-refractivity contribution in [1.82, 2.24) is 20.0 Å². The van der Waals surface area contributed by atoms with Crippen LogP contribution in [0.4, 0.5) is 4.79 Å². The molecule has 7 heteroatoms. The molecule has 1 saturated heterocycles. The van der Waals surface area contributed by atoms with Crippen molar-refractivity contribution in [3.8, 4) is 5.69 Å². The van der Waals surface area contributed by atoms with E-state index < -0.39 is 11.9 Å². The summed E-state index contributed by atoms with van der Waals surface area (Å²) in [4.78, 5) is 25.0. The summed E-state index contributed by atoms with van der Waals surface area (Å²) in [5, 5.41) is 16.7. The van der Waals surface area contributed by atoms with Crippen LogP contribution in [0.15, 0.2) is 30.3 Å². The maximum absolute atomic E-state index is 12.4. The molecule has 2 aromatic rings. The van der Waals surface area contributed by atoms with Crippen molar-refractivity contribution in [2.45, 2.75) is 32.2 Å². The van der Waals surface area contributed by atoms with Crippen LogP contribution in [0.5, 0.6) is 0 Å². The molecule has 2 amide bonds. The first-order chi connectivity index (χ1) is 12.6. The van der Waals surface area contributed by atoms with Crippen molar-refractivity contribution < 1.29 is 14.7 Å². The maximum atomic E-state index is 12.4. The van der Waals surface area contributed by atoms with E-state index in [9.17, 15) is 9.59 Å². The quantitative estimate of drug-likeness (QED) is 0.879. The van der Waals surface area contributed by atoms with Crippen molar-refractivity contribution in [2.75, 3.05) is 13.1 Å². The number of carboxylic acids is 1. The van der Waals surface area contributed by atoms with Gasteiger partial charge in [-0.25, -0.2) is 9.48 Å². The number of rotatable bonds is 4. The number of aliphatic carboxylic acids is 1. The Hall–Kier alpha value is -2.83. The van der Waals surface area contributed by atoms with Gasteiger partial charge in [0, 0.05) is 18.8 Å². The van der Waals surface area contributed by atoms with Crippen LogP contribution in [-0.2, 0) is 24.2 Å². The summed E-state index contributed by atoms with van der Waals surface area (Å²) < 4.78 is 1.99. The normalized spacial score (nSPS) is 18.8. The standard InChI is InChI=1S/C19H22N4O3/c24-18(25)13-9-10-22(12-13)19(26)20-11-16-15-7-4-8-17(15)23(21-16)14-5-2-1-3-6-14/h1-3,5-6,13H,4,7-12H2,(H,20,26)(H,24,25). The Morgan fingerprint density at radius 2 is 2.04 bits per heavy atom. The van der Waals surface area contributed by atoms with Gasteiger partial charge in [0.2, 0.25) is 0 Å². The zero-order valence-electron chi connectivity index (χ0n) is 14.5. The Morgan fingerprint density at radius 3 is 2.77 bits per heavy atom. The molecule has 7 nitrogen and oxygen atoms in total. The van der Waals surface area contributed by atoms with E-state index in [4.69, 9.17) is 10.2 Å². The molecule has 0 spiro atoms. The third-order valence-electron chi connectivity index (χ3n) is 5.25. The molecule has 0 saturated carbocycles. The van der Waals surface area contributed by atoms with Crippen LogP contribution in [0.3, 0.4) is 0 Å². The van der Waals surface area contributed by atoms with Gasteiger partial charge in [-0.15, -0.1) is 0 Å². The lowest BCUT2D eigenvalue weighted by molar-refractivity contribution is -0.141. The summed E-state index contributed by atoms with van der Waals surface area (Å²) in [6.07, 6.45) is 3.60. The number of benzene rings is 1. The summed E-state index contributed by atoms with van der Waals surface area (Å²) in [7, 11) is 0. The number of carbonyl (C=O) groups is 2. The number of carbonyl (C=O) groups excluding carboxylic acids is 1. The largest absolute Gasteiger partial charge is 0.481 e.